The van der Waals surface area contributed by atoms with Gasteiger partial charge in [0.2, 0.25) is 10.0 Å². The fourth-order valence-corrected chi connectivity index (χ4v) is 5.83. The Kier molecular flexibility index (Phi) is 6.03. The zero-order valence-corrected chi connectivity index (χ0v) is 17.5. The van der Waals surface area contributed by atoms with E-state index < -0.39 is 14.9 Å². The van der Waals surface area contributed by atoms with Gasteiger partial charge in [-0.3, -0.25) is 10.1 Å². The summed E-state index contributed by atoms with van der Waals surface area (Å²) in [5.41, 5.74) is 1.62. The third-order valence-corrected chi connectivity index (χ3v) is 7.78. The first-order valence-corrected chi connectivity index (χ1v) is 11.6. The van der Waals surface area contributed by atoms with Crippen molar-refractivity contribution in [2.45, 2.75) is 23.7 Å². The van der Waals surface area contributed by atoms with Gasteiger partial charge in [-0.25, -0.2) is 8.42 Å². The summed E-state index contributed by atoms with van der Waals surface area (Å²) >= 11 is 0. The fourth-order valence-electron chi connectivity index (χ4n) is 4.19. The smallest absolute Gasteiger partial charge is 0.270 e. The van der Waals surface area contributed by atoms with Crippen LogP contribution in [0, 0.1) is 10.1 Å². The first-order chi connectivity index (χ1) is 14.5. The number of sulfonamides is 1. The summed E-state index contributed by atoms with van der Waals surface area (Å²) in [4.78, 5) is 12.8. The van der Waals surface area contributed by atoms with Gasteiger partial charge < -0.3 is 9.64 Å². The molecule has 0 spiro atoms. The first kappa shape index (κ1) is 20.8. The van der Waals surface area contributed by atoms with Crippen molar-refractivity contribution in [3.63, 3.8) is 0 Å². The number of hydrogen-bond donors (Lipinski definition) is 0. The van der Waals surface area contributed by atoms with E-state index in [0.29, 0.717) is 37.9 Å². The molecule has 2 aliphatic heterocycles. The van der Waals surface area contributed by atoms with E-state index in [1.807, 2.05) is 23.1 Å². The lowest BCUT2D eigenvalue weighted by Gasteiger charge is -2.35. The van der Waals surface area contributed by atoms with Crippen LogP contribution in [-0.2, 0) is 14.8 Å². The number of piperidine rings is 1. The fraction of sp³-hybridized carbons (Fsp3) is 0.429. The number of morpholine rings is 1. The van der Waals surface area contributed by atoms with Crippen LogP contribution in [0.1, 0.15) is 24.3 Å². The van der Waals surface area contributed by atoms with E-state index in [1.165, 1.54) is 22.0 Å². The first-order valence-electron chi connectivity index (χ1n) is 10.1. The van der Waals surface area contributed by atoms with E-state index in [9.17, 15) is 18.5 Å². The van der Waals surface area contributed by atoms with Gasteiger partial charge in [0.25, 0.3) is 5.69 Å². The molecule has 4 rings (SSSR count). The minimum atomic E-state index is -3.86. The third kappa shape index (κ3) is 4.19. The number of anilines is 1. The largest absolute Gasteiger partial charge is 0.379 e. The molecule has 0 aliphatic carbocycles. The lowest BCUT2D eigenvalue weighted by molar-refractivity contribution is -0.385. The molecule has 0 aromatic heterocycles. The summed E-state index contributed by atoms with van der Waals surface area (Å²) in [6.45, 7) is 2.55. The van der Waals surface area contributed by atoms with Gasteiger partial charge in [-0.1, -0.05) is 30.3 Å². The van der Waals surface area contributed by atoms with Crippen molar-refractivity contribution in [3.8, 4) is 0 Å². The van der Waals surface area contributed by atoms with Crippen LogP contribution in [0.25, 0.3) is 0 Å². The Labute approximate surface area is 176 Å². The molecule has 0 N–H and O–H groups in total. The van der Waals surface area contributed by atoms with Gasteiger partial charge in [-0.2, -0.15) is 4.31 Å². The molecule has 160 valence electrons. The Morgan fingerprint density at radius 1 is 0.967 bits per heavy atom. The maximum absolute atomic E-state index is 13.3. The number of hydrogen-bond acceptors (Lipinski definition) is 6. The van der Waals surface area contributed by atoms with E-state index in [2.05, 4.69) is 12.1 Å². The van der Waals surface area contributed by atoms with Crippen molar-refractivity contribution in [1.29, 1.82) is 0 Å². The molecule has 2 aliphatic rings. The van der Waals surface area contributed by atoms with Gasteiger partial charge in [0.15, 0.2) is 0 Å². The predicted molar refractivity (Wildman–Crippen MR) is 113 cm³/mol. The molecule has 2 heterocycles. The molecule has 2 fully saturated rings. The number of non-ortho nitro benzene ring substituents is 1. The second-order valence-electron chi connectivity index (χ2n) is 7.60. The predicted octanol–water partition coefficient (Wildman–Crippen LogP) is 3.00. The second-order valence-corrected chi connectivity index (χ2v) is 9.50. The molecular formula is C21H25N3O5S. The molecule has 2 aromatic carbocycles. The van der Waals surface area contributed by atoms with Gasteiger partial charge in [0, 0.05) is 38.3 Å². The molecular weight excluding hydrogens is 406 g/mol. The van der Waals surface area contributed by atoms with Crippen molar-refractivity contribution in [2.24, 2.45) is 0 Å². The molecule has 2 aromatic rings. The lowest BCUT2D eigenvalue weighted by atomic mass is 9.89. The summed E-state index contributed by atoms with van der Waals surface area (Å²) in [6.07, 6.45) is 1.80. The highest BCUT2D eigenvalue weighted by Crippen LogP contribution is 2.36. The number of benzene rings is 2. The Balaban J connectivity index is 1.62. The summed E-state index contributed by atoms with van der Waals surface area (Å²) in [5.74, 6) is 0.430. The van der Waals surface area contributed by atoms with Crippen LogP contribution in [0.4, 0.5) is 11.4 Å². The molecule has 2 saturated heterocycles. The highest BCUT2D eigenvalue weighted by atomic mass is 32.2. The molecule has 0 unspecified atom stereocenters. The highest BCUT2D eigenvalue weighted by molar-refractivity contribution is 7.89. The van der Waals surface area contributed by atoms with Crippen molar-refractivity contribution in [1.82, 2.24) is 4.31 Å². The Morgan fingerprint density at radius 2 is 1.63 bits per heavy atom. The highest BCUT2D eigenvalue weighted by Gasteiger charge is 2.33. The molecule has 30 heavy (non-hydrogen) atoms. The van der Waals surface area contributed by atoms with Gasteiger partial charge in [0.05, 0.1) is 23.8 Å². The van der Waals surface area contributed by atoms with E-state index in [1.54, 1.807) is 6.07 Å². The number of nitro groups is 1. The van der Waals surface area contributed by atoms with Crippen molar-refractivity contribution in [2.75, 3.05) is 44.3 Å². The third-order valence-electron chi connectivity index (χ3n) is 5.85. The van der Waals surface area contributed by atoms with Crippen molar-refractivity contribution >= 4 is 21.4 Å². The van der Waals surface area contributed by atoms with Crippen LogP contribution < -0.4 is 4.90 Å². The quantitative estimate of drug-likeness (QED) is 0.534. The standard InChI is InChI=1S/C21H25N3O5S/c25-24(26)19-6-7-20(21(16-19)30(27,28)23-12-14-29-15-13-23)22-10-8-18(9-11-22)17-4-2-1-3-5-17/h1-7,16,18H,8-15H2. The Morgan fingerprint density at radius 3 is 2.27 bits per heavy atom. The zero-order chi connectivity index (χ0) is 21.1. The summed E-state index contributed by atoms with van der Waals surface area (Å²) < 4.78 is 33.3. The number of ether oxygens (including phenoxy) is 1. The summed E-state index contributed by atoms with van der Waals surface area (Å²) in [7, 11) is -3.86. The van der Waals surface area contributed by atoms with Crippen LogP contribution in [0.5, 0.6) is 0 Å². The minimum absolute atomic E-state index is 0.0109. The van der Waals surface area contributed by atoms with Crippen LogP contribution in [-0.4, -0.2) is 57.0 Å². The number of rotatable bonds is 5. The molecule has 9 heteroatoms. The van der Waals surface area contributed by atoms with E-state index >= 15 is 0 Å². The minimum Gasteiger partial charge on any atom is -0.379 e. The zero-order valence-electron chi connectivity index (χ0n) is 16.6. The van der Waals surface area contributed by atoms with E-state index in [0.717, 1.165) is 12.8 Å². The lowest BCUT2D eigenvalue weighted by Crippen LogP contribution is -2.41. The van der Waals surface area contributed by atoms with E-state index in [4.69, 9.17) is 4.74 Å². The normalized spacial score (nSPS) is 19.0. The molecule has 8 nitrogen and oxygen atoms in total. The van der Waals surface area contributed by atoms with Gasteiger partial charge in [-0.15, -0.1) is 0 Å². The summed E-state index contributed by atoms with van der Waals surface area (Å²) in [6, 6.07) is 14.5. The van der Waals surface area contributed by atoms with Crippen LogP contribution in [0.3, 0.4) is 0 Å². The second kappa shape index (κ2) is 8.71. The Bertz CT molecular complexity index is 999. The SMILES string of the molecule is O=[N+]([O-])c1ccc(N2CCC(c3ccccc3)CC2)c(S(=O)(=O)N2CCOCC2)c1. The number of nitrogens with zero attached hydrogens (tertiary/aromatic N) is 3. The number of nitro benzene ring substituents is 1. The topological polar surface area (TPSA) is 93.0 Å². The van der Waals surface area contributed by atoms with Crippen molar-refractivity contribution in [3.05, 3.63) is 64.2 Å². The average Bonchev–Trinajstić information content (AvgIpc) is 2.80. The van der Waals surface area contributed by atoms with Crippen LogP contribution in [0.15, 0.2) is 53.4 Å². The maximum atomic E-state index is 13.3. The Hall–Kier alpha value is -2.49. The van der Waals surface area contributed by atoms with Crippen LogP contribution >= 0.6 is 0 Å². The van der Waals surface area contributed by atoms with Crippen molar-refractivity contribution < 1.29 is 18.1 Å². The average molecular weight is 432 g/mol. The molecule has 0 bridgehead atoms. The molecule has 0 radical (unpaired) electrons. The molecule has 0 atom stereocenters. The van der Waals surface area contributed by atoms with Gasteiger partial charge in [-0.05, 0) is 30.4 Å². The van der Waals surface area contributed by atoms with Gasteiger partial charge >= 0.3 is 0 Å². The van der Waals surface area contributed by atoms with Gasteiger partial charge in [0.1, 0.15) is 4.90 Å². The summed E-state index contributed by atoms with van der Waals surface area (Å²) in [5, 5.41) is 11.3. The molecule has 0 saturated carbocycles. The van der Waals surface area contributed by atoms with E-state index in [-0.39, 0.29) is 23.7 Å². The van der Waals surface area contributed by atoms with Crippen LogP contribution in [0.2, 0.25) is 0 Å². The maximum Gasteiger partial charge on any atom is 0.270 e. The molecule has 0 amide bonds. The monoisotopic (exact) mass is 431 g/mol.